The highest BCUT2D eigenvalue weighted by Crippen LogP contribution is 2.09. The molecule has 0 saturated carbocycles. The van der Waals surface area contributed by atoms with Crippen LogP contribution in [0.25, 0.3) is 4.98 Å². The van der Waals surface area contributed by atoms with Gasteiger partial charge in [-0.05, 0) is 12.5 Å². The number of nitrogens with zero attached hydrogens (tertiary/aromatic N) is 2. The average Bonchev–Trinajstić information content (AvgIpc) is 2.40. The summed E-state index contributed by atoms with van der Waals surface area (Å²) in [5, 5.41) is 20.7. The standard InChI is InChI=1S/C13H15N3O3/c1-2-19-13(18)16-11(12(17)9-15-14)8-10-6-4-3-5-7-10/h3-7,9,11H,2,8H2,1H3,(H-,16,17,18)/p+1/b12-9-/t11-/m0/s1. The quantitative estimate of drug-likeness (QED) is 0.630. The number of nitrogens with one attached hydrogen (secondary N) is 1. The van der Waals surface area contributed by atoms with Gasteiger partial charge in [-0.25, -0.2) is 4.79 Å². The van der Waals surface area contributed by atoms with Crippen molar-refractivity contribution in [3.05, 3.63) is 52.8 Å². The summed E-state index contributed by atoms with van der Waals surface area (Å²) in [6.07, 6.45) is 0.596. The maximum atomic E-state index is 11.4. The summed E-state index contributed by atoms with van der Waals surface area (Å²) in [5.41, 5.74) is 0.919. The lowest BCUT2D eigenvalue weighted by atomic mass is 10.0. The van der Waals surface area contributed by atoms with Crippen LogP contribution < -0.4 is 5.32 Å². The lowest BCUT2D eigenvalue weighted by Crippen LogP contribution is -2.38. The molecule has 0 spiro atoms. The topological polar surface area (TPSA) is 86.7 Å². The summed E-state index contributed by atoms with van der Waals surface area (Å²) in [6.45, 7) is 1.92. The van der Waals surface area contributed by atoms with Crippen molar-refractivity contribution in [2.45, 2.75) is 19.4 Å². The van der Waals surface area contributed by atoms with Gasteiger partial charge in [0.1, 0.15) is 6.04 Å². The minimum absolute atomic E-state index is 0.235. The third kappa shape index (κ3) is 5.08. The first-order valence-electron chi connectivity index (χ1n) is 5.87. The molecule has 0 aliphatic carbocycles. The van der Waals surface area contributed by atoms with E-state index in [0.29, 0.717) is 6.42 Å². The van der Waals surface area contributed by atoms with Crippen LogP contribution in [-0.4, -0.2) is 23.8 Å². The predicted molar refractivity (Wildman–Crippen MR) is 69.9 cm³/mol. The maximum Gasteiger partial charge on any atom is 0.407 e. The highest BCUT2D eigenvalue weighted by molar-refractivity contribution is 5.68. The summed E-state index contributed by atoms with van der Waals surface area (Å²) >= 11 is 0. The third-order valence-corrected chi connectivity index (χ3v) is 2.40. The van der Waals surface area contributed by atoms with E-state index in [4.69, 9.17) is 10.1 Å². The molecule has 0 heterocycles. The van der Waals surface area contributed by atoms with Crippen LogP contribution in [0, 0.1) is 5.39 Å². The minimum atomic E-state index is -0.711. The molecule has 0 saturated heterocycles. The van der Waals surface area contributed by atoms with E-state index in [1.54, 1.807) is 6.92 Å². The zero-order valence-corrected chi connectivity index (χ0v) is 10.6. The molecule has 0 aromatic heterocycles. The zero-order chi connectivity index (χ0) is 14.1. The number of aliphatic hydroxyl groups excluding tert-OH is 1. The second-order valence-electron chi connectivity index (χ2n) is 3.78. The van der Waals surface area contributed by atoms with E-state index in [9.17, 15) is 9.90 Å². The van der Waals surface area contributed by atoms with E-state index in [1.165, 1.54) is 0 Å². The lowest BCUT2D eigenvalue weighted by molar-refractivity contribution is 0.146. The van der Waals surface area contributed by atoms with Gasteiger partial charge in [-0.2, -0.15) is 0 Å². The molecule has 0 aliphatic heterocycles. The molecule has 0 aliphatic rings. The summed E-state index contributed by atoms with van der Waals surface area (Å²) in [7, 11) is 0. The van der Waals surface area contributed by atoms with Gasteiger partial charge in [0, 0.05) is 6.42 Å². The monoisotopic (exact) mass is 262 g/mol. The molecule has 1 aromatic rings. The number of hydrogen-bond donors (Lipinski definition) is 2. The number of rotatable bonds is 5. The normalized spacial score (nSPS) is 12.3. The Morgan fingerprint density at radius 1 is 1.53 bits per heavy atom. The first-order valence-corrected chi connectivity index (χ1v) is 5.87. The van der Waals surface area contributed by atoms with Gasteiger partial charge in [-0.1, -0.05) is 30.3 Å². The van der Waals surface area contributed by atoms with Crippen molar-refractivity contribution in [2.75, 3.05) is 6.61 Å². The van der Waals surface area contributed by atoms with Gasteiger partial charge in [-0.15, -0.1) is 0 Å². The SMILES string of the molecule is CCOC(=O)N[C@@H](Cc1ccccc1)/C(O)=C/[N+]#N. The van der Waals surface area contributed by atoms with Gasteiger partial charge in [0.25, 0.3) is 0 Å². The Hall–Kier alpha value is -2.55. The summed E-state index contributed by atoms with van der Waals surface area (Å²) in [5.74, 6) is -0.251. The van der Waals surface area contributed by atoms with Crippen LogP contribution in [-0.2, 0) is 11.2 Å². The first-order chi connectivity index (χ1) is 9.17. The highest BCUT2D eigenvalue weighted by atomic mass is 16.5. The number of hydrogen-bond acceptors (Lipinski definition) is 4. The molecule has 1 rings (SSSR count). The number of carbonyl (C=O) groups is 1. The Bertz CT molecular complexity index is 480. The van der Waals surface area contributed by atoms with Gasteiger partial charge in [-0.3, -0.25) is 0 Å². The van der Waals surface area contributed by atoms with E-state index in [2.05, 4.69) is 10.3 Å². The van der Waals surface area contributed by atoms with E-state index >= 15 is 0 Å². The molecule has 100 valence electrons. The number of amides is 1. The number of ether oxygens (including phenoxy) is 1. The van der Waals surface area contributed by atoms with E-state index in [0.717, 1.165) is 11.8 Å². The molecule has 1 amide bonds. The molecule has 6 heteroatoms. The smallest absolute Gasteiger partial charge is 0.407 e. The number of alkyl carbamates (subject to hydrolysis) is 1. The van der Waals surface area contributed by atoms with Crippen molar-refractivity contribution in [3.8, 4) is 0 Å². The Labute approximate surface area is 111 Å². The third-order valence-electron chi connectivity index (χ3n) is 2.40. The molecule has 19 heavy (non-hydrogen) atoms. The van der Waals surface area contributed by atoms with Gasteiger partial charge >= 0.3 is 12.3 Å². The Morgan fingerprint density at radius 3 is 2.79 bits per heavy atom. The molecule has 1 aromatic carbocycles. The largest absolute Gasteiger partial charge is 0.504 e. The Balaban J connectivity index is 2.78. The highest BCUT2D eigenvalue weighted by Gasteiger charge is 2.20. The average molecular weight is 262 g/mol. The molecule has 0 fully saturated rings. The predicted octanol–water partition coefficient (Wildman–Crippen LogP) is 2.60. The maximum absolute atomic E-state index is 11.4. The van der Waals surface area contributed by atoms with Crippen LogP contribution >= 0.6 is 0 Å². The zero-order valence-electron chi connectivity index (χ0n) is 10.6. The van der Waals surface area contributed by atoms with Crippen molar-refractivity contribution >= 4 is 6.09 Å². The Kier molecular flexibility index (Phi) is 5.89. The van der Waals surface area contributed by atoms with Gasteiger partial charge in [0.05, 0.1) is 6.61 Å². The van der Waals surface area contributed by atoms with E-state index in [1.807, 2.05) is 30.3 Å². The molecular weight excluding hydrogens is 246 g/mol. The molecule has 1 atom stereocenters. The Morgan fingerprint density at radius 2 is 2.21 bits per heavy atom. The molecule has 6 nitrogen and oxygen atoms in total. The number of aliphatic hydroxyl groups is 1. The summed E-state index contributed by atoms with van der Waals surface area (Å²) < 4.78 is 4.76. The van der Waals surface area contributed by atoms with Crippen LogP contribution in [0.3, 0.4) is 0 Å². The fourth-order valence-electron chi connectivity index (χ4n) is 1.54. The van der Waals surface area contributed by atoms with Crippen LogP contribution in [0.1, 0.15) is 12.5 Å². The van der Waals surface area contributed by atoms with Crippen molar-refractivity contribution in [2.24, 2.45) is 0 Å². The second-order valence-corrected chi connectivity index (χ2v) is 3.78. The van der Waals surface area contributed by atoms with Crippen LogP contribution in [0.5, 0.6) is 0 Å². The fraction of sp³-hybridized carbons (Fsp3) is 0.308. The second kappa shape index (κ2) is 7.71. The lowest BCUT2D eigenvalue weighted by Gasteiger charge is -2.15. The van der Waals surface area contributed by atoms with Gasteiger partial charge < -0.3 is 15.2 Å². The molecule has 0 bridgehead atoms. The molecule has 0 radical (unpaired) electrons. The van der Waals surface area contributed by atoms with E-state index in [-0.39, 0.29) is 12.4 Å². The number of carbonyl (C=O) groups excluding carboxylic acids is 1. The van der Waals surface area contributed by atoms with Crippen molar-refractivity contribution in [1.82, 2.24) is 5.32 Å². The van der Waals surface area contributed by atoms with Crippen molar-refractivity contribution in [3.63, 3.8) is 0 Å². The van der Waals surface area contributed by atoms with Crippen molar-refractivity contribution < 1.29 is 14.6 Å². The van der Waals surface area contributed by atoms with Crippen LogP contribution in [0.4, 0.5) is 4.79 Å². The summed E-state index contributed by atoms with van der Waals surface area (Å²) in [4.78, 5) is 14.1. The van der Waals surface area contributed by atoms with Gasteiger partial charge in [0.2, 0.25) is 11.2 Å². The fourth-order valence-corrected chi connectivity index (χ4v) is 1.54. The number of benzene rings is 1. The first kappa shape index (κ1) is 14.5. The van der Waals surface area contributed by atoms with E-state index < -0.39 is 12.1 Å². The molecular formula is C13H16N3O3+. The molecule has 0 unspecified atom stereocenters. The van der Waals surface area contributed by atoms with Crippen LogP contribution in [0.2, 0.25) is 0 Å². The van der Waals surface area contributed by atoms with Gasteiger partial charge in [0.15, 0.2) is 4.98 Å². The molecule has 2 N–H and O–H groups in total. The van der Waals surface area contributed by atoms with Crippen molar-refractivity contribution in [1.29, 1.82) is 5.39 Å². The minimum Gasteiger partial charge on any atom is -0.504 e. The summed E-state index contributed by atoms with van der Waals surface area (Å²) in [6, 6.07) is 8.60. The number of diazo groups is 1. The van der Waals surface area contributed by atoms with Crippen LogP contribution in [0.15, 0.2) is 42.3 Å².